The summed E-state index contributed by atoms with van der Waals surface area (Å²) in [5, 5.41) is 2.98. The van der Waals surface area contributed by atoms with E-state index in [0.717, 1.165) is 5.56 Å². The quantitative estimate of drug-likeness (QED) is 0.766. The van der Waals surface area contributed by atoms with Gasteiger partial charge in [0.2, 0.25) is 0 Å². The Morgan fingerprint density at radius 3 is 2.79 bits per heavy atom. The molecule has 1 aromatic rings. The highest BCUT2D eigenvalue weighted by atomic mass is 16.5. The van der Waals surface area contributed by atoms with Crippen LogP contribution in [0.3, 0.4) is 0 Å². The van der Waals surface area contributed by atoms with Gasteiger partial charge in [-0.1, -0.05) is 30.3 Å². The first-order valence-corrected chi connectivity index (χ1v) is 4.75. The second kappa shape index (κ2) is 4.35. The standard InChI is InChI=1S/C11H13NO2/c13-10-6-12-7-11(10)14-8-9-4-2-1-3-5-9/h1-5,11-12H,6-8H2. The summed E-state index contributed by atoms with van der Waals surface area (Å²) in [5.74, 6) is 0.154. The van der Waals surface area contributed by atoms with E-state index < -0.39 is 0 Å². The zero-order valence-electron chi connectivity index (χ0n) is 7.90. The molecule has 1 aromatic carbocycles. The van der Waals surface area contributed by atoms with Crippen molar-refractivity contribution in [3.05, 3.63) is 35.9 Å². The zero-order chi connectivity index (χ0) is 9.80. The Morgan fingerprint density at radius 1 is 1.36 bits per heavy atom. The van der Waals surface area contributed by atoms with Gasteiger partial charge in [-0.15, -0.1) is 0 Å². The molecule has 0 aromatic heterocycles. The van der Waals surface area contributed by atoms with Crippen LogP contribution in [0.25, 0.3) is 0 Å². The first-order chi connectivity index (χ1) is 6.86. The lowest BCUT2D eigenvalue weighted by molar-refractivity contribution is -0.126. The number of ether oxygens (including phenoxy) is 1. The Hall–Kier alpha value is -1.19. The Balaban J connectivity index is 1.85. The summed E-state index contributed by atoms with van der Waals surface area (Å²) >= 11 is 0. The Labute approximate surface area is 83.1 Å². The van der Waals surface area contributed by atoms with Crippen molar-refractivity contribution >= 4 is 5.78 Å². The van der Waals surface area contributed by atoms with Crippen LogP contribution in [0.1, 0.15) is 5.56 Å². The highest BCUT2D eigenvalue weighted by Gasteiger charge is 2.24. The van der Waals surface area contributed by atoms with Crippen LogP contribution in [0.5, 0.6) is 0 Å². The van der Waals surface area contributed by atoms with E-state index in [1.807, 2.05) is 30.3 Å². The molecule has 3 heteroatoms. The van der Waals surface area contributed by atoms with Crippen molar-refractivity contribution in [1.82, 2.24) is 5.32 Å². The lowest BCUT2D eigenvalue weighted by Gasteiger charge is -2.08. The van der Waals surface area contributed by atoms with Crippen molar-refractivity contribution in [2.45, 2.75) is 12.7 Å². The molecule has 0 radical (unpaired) electrons. The Morgan fingerprint density at radius 2 is 2.14 bits per heavy atom. The van der Waals surface area contributed by atoms with Crippen molar-refractivity contribution in [1.29, 1.82) is 0 Å². The molecule has 3 nitrogen and oxygen atoms in total. The van der Waals surface area contributed by atoms with Gasteiger partial charge < -0.3 is 10.1 Å². The average molecular weight is 191 g/mol. The minimum Gasteiger partial charge on any atom is -0.364 e. The maximum atomic E-state index is 11.2. The molecular weight excluding hydrogens is 178 g/mol. The normalized spacial score (nSPS) is 21.4. The molecule has 0 saturated carbocycles. The lowest BCUT2D eigenvalue weighted by atomic mass is 10.2. The maximum Gasteiger partial charge on any atom is 0.176 e. The summed E-state index contributed by atoms with van der Waals surface area (Å²) in [6.45, 7) is 1.60. The predicted molar refractivity (Wildman–Crippen MR) is 52.9 cm³/mol. The van der Waals surface area contributed by atoms with Crippen LogP contribution in [0, 0.1) is 0 Å². The van der Waals surface area contributed by atoms with Crippen molar-refractivity contribution in [3.8, 4) is 0 Å². The molecule has 1 heterocycles. The van der Waals surface area contributed by atoms with Crippen LogP contribution >= 0.6 is 0 Å². The van der Waals surface area contributed by atoms with Crippen LogP contribution in [-0.4, -0.2) is 25.0 Å². The summed E-state index contributed by atoms with van der Waals surface area (Å²) in [6.07, 6.45) is -0.254. The second-order valence-electron chi connectivity index (χ2n) is 3.38. The molecule has 0 bridgehead atoms. The Kier molecular flexibility index (Phi) is 2.91. The van der Waals surface area contributed by atoms with Gasteiger partial charge in [-0.05, 0) is 5.56 Å². The monoisotopic (exact) mass is 191 g/mol. The fourth-order valence-corrected chi connectivity index (χ4v) is 1.48. The molecule has 1 unspecified atom stereocenters. The molecular formula is C11H13NO2. The van der Waals surface area contributed by atoms with E-state index in [0.29, 0.717) is 19.7 Å². The lowest BCUT2D eigenvalue weighted by Crippen LogP contribution is -2.22. The number of benzene rings is 1. The fourth-order valence-electron chi connectivity index (χ4n) is 1.48. The van der Waals surface area contributed by atoms with Gasteiger partial charge in [-0.2, -0.15) is 0 Å². The van der Waals surface area contributed by atoms with Crippen LogP contribution < -0.4 is 5.32 Å². The molecule has 1 saturated heterocycles. The topological polar surface area (TPSA) is 38.3 Å². The number of Topliss-reactive ketones (excluding diaryl/α,β-unsaturated/α-hetero) is 1. The molecule has 0 amide bonds. The molecule has 1 aliphatic heterocycles. The van der Waals surface area contributed by atoms with Gasteiger partial charge in [0.05, 0.1) is 13.2 Å². The van der Waals surface area contributed by atoms with E-state index >= 15 is 0 Å². The summed E-state index contributed by atoms with van der Waals surface area (Å²) < 4.78 is 5.49. The van der Waals surface area contributed by atoms with Crippen molar-refractivity contribution in [3.63, 3.8) is 0 Å². The zero-order valence-corrected chi connectivity index (χ0v) is 7.90. The number of ketones is 1. The fraction of sp³-hybridized carbons (Fsp3) is 0.364. The van der Waals surface area contributed by atoms with Crippen LogP contribution in [0.2, 0.25) is 0 Å². The molecule has 1 fully saturated rings. The SMILES string of the molecule is O=C1CNCC1OCc1ccccc1. The first kappa shape index (κ1) is 9.37. The second-order valence-corrected chi connectivity index (χ2v) is 3.38. The summed E-state index contributed by atoms with van der Waals surface area (Å²) in [7, 11) is 0. The van der Waals surface area contributed by atoms with Gasteiger partial charge in [0, 0.05) is 6.54 Å². The van der Waals surface area contributed by atoms with Gasteiger partial charge in [-0.3, -0.25) is 4.79 Å². The van der Waals surface area contributed by atoms with Gasteiger partial charge in [0.1, 0.15) is 6.10 Å². The van der Waals surface area contributed by atoms with Gasteiger partial charge in [0.25, 0.3) is 0 Å². The molecule has 1 N–H and O–H groups in total. The van der Waals surface area contributed by atoms with Crippen molar-refractivity contribution < 1.29 is 9.53 Å². The molecule has 1 aliphatic rings. The van der Waals surface area contributed by atoms with E-state index in [1.165, 1.54) is 0 Å². The Bertz CT molecular complexity index is 310. The number of hydrogen-bond acceptors (Lipinski definition) is 3. The molecule has 0 aliphatic carbocycles. The minimum absolute atomic E-state index is 0.154. The third-order valence-electron chi connectivity index (χ3n) is 2.28. The van der Waals surface area contributed by atoms with E-state index in [1.54, 1.807) is 0 Å². The van der Waals surface area contributed by atoms with Gasteiger partial charge in [-0.25, -0.2) is 0 Å². The minimum atomic E-state index is -0.254. The maximum absolute atomic E-state index is 11.2. The smallest absolute Gasteiger partial charge is 0.176 e. The average Bonchev–Trinajstić information content (AvgIpc) is 2.63. The third kappa shape index (κ3) is 2.19. The first-order valence-electron chi connectivity index (χ1n) is 4.75. The third-order valence-corrected chi connectivity index (χ3v) is 2.28. The number of carbonyl (C=O) groups excluding carboxylic acids is 1. The van der Waals surface area contributed by atoms with E-state index in [2.05, 4.69) is 5.32 Å². The molecule has 2 rings (SSSR count). The van der Waals surface area contributed by atoms with Crippen molar-refractivity contribution in [2.24, 2.45) is 0 Å². The molecule has 74 valence electrons. The largest absolute Gasteiger partial charge is 0.364 e. The summed E-state index contributed by atoms with van der Waals surface area (Å²) in [4.78, 5) is 11.2. The van der Waals surface area contributed by atoms with Crippen LogP contribution in [0.15, 0.2) is 30.3 Å². The van der Waals surface area contributed by atoms with Crippen LogP contribution in [0.4, 0.5) is 0 Å². The molecule has 0 spiro atoms. The van der Waals surface area contributed by atoms with Gasteiger partial charge >= 0.3 is 0 Å². The molecule has 1 atom stereocenters. The highest BCUT2D eigenvalue weighted by molar-refractivity contribution is 5.87. The highest BCUT2D eigenvalue weighted by Crippen LogP contribution is 2.05. The summed E-state index contributed by atoms with van der Waals surface area (Å²) in [5.41, 5.74) is 1.10. The van der Waals surface area contributed by atoms with E-state index in [9.17, 15) is 4.79 Å². The molecule has 14 heavy (non-hydrogen) atoms. The van der Waals surface area contributed by atoms with Crippen LogP contribution in [-0.2, 0) is 16.1 Å². The van der Waals surface area contributed by atoms with E-state index in [4.69, 9.17) is 4.74 Å². The summed E-state index contributed by atoms with van der Waals surface area (Å²) in [6, 6.07) is 9.88. The van der Waals surface area contributed by atoms with Gasteiger partial charge in [0.15, 0.2) is 5.78 Å². The number of rotatable bonds is 3. The number of nitrogens with one attached hydrogen (secondary N) is 1. The number of hydrogen-bond donors (Lipinski definition) is 1. The van der Waals surface area contributed by atoms with E-state index in [-0.39, 0.29) is 11.9 Å². The van der Waals surface area contributed by atoms with Crippen molar-refractivity contribution in [2.75, 3.05) is 13.1 Å². The number of carbonyl (C=O) groups is 1. The predicted octanol–water partition coefficient (Wildman–Crippen LogP) is 0.744.